The second kappa shape index (κ2) is 14.7. The molecular weight excluding hydrogens is 551 g/mol. The third-order valence-electron chi connectivity index (χ3n) is 5.54. The number of ether oxygens (including phenoxy) is 2. The summed E-state index contributed by atoms with van der Waals surface area (Å²) in [5.74, 6) is 0.671. The molecule has 11 heteroatoms. The van der Waals surface area contributed by atoms with Crippen molar-refractivity contribution in [2.45, 2.75) is 13.5 Å². The minimum absolute atomic E-state index is 0. The van der Waals surface area contributed by atoms with E-state index in [9.17, 15) is 10.1 Å². The van der Waals surface area contributed by atoms with E-state index in [4.69, 9.17) is 21.1 Å². The van der Waals surface area contributed by atoms with Crippen LogP contribution in [0.1, 0.15) is 18.2 Å². The number of rotatable bonds is 11. The third-order valence-corrected chi connectivity index (χ3v) is 5.84. The van der Waals surface area contributed by atoms with Crippen molar-refractivity contribution in [1.82, 2.24) is 15.3 Å². The maximum atomic E-state index is 12.5. The normalized spacial score (nSPS) is 10.6. The van der Waals surface area contributed by atoms with Gasteiger partial charge in [0.2, 0.25) is 5.91 Å². The van der Waals surface area contributed by atoms with Crippen molar-refractivity contribution < 1.29 is 14.3 Å². The quantitative estimate of drug-likeness (QED) is 0.185. The number of pyridine rings is 2. The number of carbonyl (C=O) groups is 1. The van der Waals surface area contributed by atoms with Gasteiger partial charge in [-0.15, -0.1) is 12.4 Å². The third kappa shape index (κ3) is 7.61. The number of hydrogen-bond acceptors (Lipinski definition) is 8. The second-order valence-electron chi connectivity index (χ2n) is 8.29. The van der Waals surface area contributed by atoms with Gasteiger partial charge >= 0.3 is 0 Å². The molecule has 0 unspecified atom stereocenters. The molecule has 0 saturated carbocycles. The van der Waals surface area contributed by atoms with E-state index < -0.39 is 0 Å². The van der Waals surface area contributed by atoms with Crippen LogP contribution < -0.4 is 25.4 Å². The maximum Gasteiger partial charge on any atom is 0.248 e. The van der Waals surface area contributed by atoms with Gasteiger partial charge in [-0.3, -0.25) is 14.8 Å². The number of amides is 1. The molecule has 0 aliphatic carbocycles. The predicted molar refractivity (Wildman–Crippen MR) is 160 cm³/mol. The topological polar surface area (TPSA) is 121 Å². The van der Waals surface area contributed by atoms with Crippen molar-refractivity contribution in [2.24, 2.45) is 0 Å². The van der Waals surface area contributed by atoms with Crippen LogP contribution >= 0.6 is 24.0 Å². The number of hydrogen-bond donors (Lipinski definition) is 3. The Hall–Kier alpha value is -4.36. The van der Waals surface area contributed by atoms with Gasteiger partial charge in [0.15, 0.2) is 0 Å². The van der Waals surface area contributed by atoms with Gasteiger partial charge in [0, 0.05) is 42.2 Å². The summed E-state index contributed by atoms with van der Waals surface area (Å²) in [6.07, 6.45) is 6.35. The molecule has 0 spiro atoms. The number of nitriles is 1. The van der Waals surface area contributed by atoms with Crippen molar-refractivity contribution in [3.63, 3.8) is 0 Å². The maximum absolute atomic E-state index is 12.5. The van der Waals surface area contributed by atoms with Gasteiger partial charge in [-0.1, -0.05) is 23.7 Å². The Morgan fingerprint density at radius 2 is 1.98 bits per heavy atom. The van der Waals surface area contributed by atoms with Crippen molar-refractivity contribution in [3.8, 4) is 17.6 Å². The van der Waals surface area contributed by atoms with E-state index >= 15 is 0 Å². The summed E-state index contributed by atoms with van der Waals surface area (Å²) in [6, 6.07) is 16.5. The molecule has 0 fully saturated rings. The number of carbonyl (C=O) groups excluding carboxylic acids is 1. The Morgan fingerprint density at radius 3 is 2.67 bits per heavy atom. The van der Waals surface area contributed by atoms with Gasteiger partial charge in [0.1, 0.15) is 24.2 Å². The standard InChI is InChI=1S/C29H27ClN6O3.ClH/c1-3-38-27-15-24-22(14-25(27)36-28(37)8-6-11-32-2)29(19(16-31)17-34-24)35-20-9-10-26(23(30)13-20)39-18-21-7-4-5-12-33-21;/h4-10,12-15,17,32H,3,11,18H2,1-2H3,(H,34,35)(H,36,37);1H. The predicted octanol–water partition coefficient (Wildman–Crippen LogP) is 6.01. The van der Waals surface area contributed by atoms with E-state index in [2.05, 4.69) is 32.0 Å². The van der Waals surface area contributed by atoms with Crippen LogP contribution in [0.4, 0.5) is 17.1 Å². The number of nitrogens with zero attached hydrogens (tertiary/aromatic N) is 3. The summed E-state index contributed by atoms with van der Waals surface area (Å²) in [5, 5.41) is 19.9. The molecule has 2 heterocycles. The lowest BCUT2D eigenvalue weighted by molar-refractivity contribution is -0.111. The zero-order chi connectivity index (χ0) is 27.6. The second-order valence-corrected chi connectivity index (χ2v) is 8.69. The van der Waals surface area contributed by atoms with Crippen LogP contribution in [0, 0.1) is 11.3 Å². The van der Waals surface area contributed by atoms with Crippen molar-refractivity contribution >= 4 is 57.9 Å². The molecule has 40 heavy (non-hydrogen) atoms. The molecule has 4 rings (SSSR count). The van der Waals surface area contributed by atoms with Gasteiger partial charge in [0.05, 0.1) is 39.8 Å². The minimum Gasteiger partial charge on any atom is -0.492 e. The molecule has 3 N–H and O–H groups in total. The van der Waals surface area contributed by atoms with Crippen LogP contribution in [0.2, 0.25) is 5.02 Å². The summed E-state index contributed by atoms with van der Waals surface area (Å²) < 4.78 is 11.6. The summed E-state index contributed by atoms with van der Waals surface area (Å²) in [6.45, 7) is 3.10. The number of aromatic nitrogens is 2. The van der Waals surface area contributed by atoms with E-state index in [1.807, 2.05) is 25.1 Å². The Kier molecular flexibility index (Phi) is 11.1. The molecular formula is C29H28Cl2N6O3. The molecule has 4 aromatic rings. The number of halogens is 2. The van der Waals surface area contributed by atoms with Gasteiger partial charge < -0.3 is 25.4 Å². The van der Waals surface area contributed by atoms with E-state index in [0.29, 0.717) is 63.2 Å². The van der Waals surface area contributed by atoms with Crippen molar-refractivity contribution in [3.05, 3.63) is 89.4 Å². The molecule has 0 saturated heterocycles. The lowest BCUT2D eigenvalue weighted by atomic mass is 10.1. The van der Waals surface area contributed by atoms with Gasteiger partial charge in [0.25, 0.3) is 0 Å². The molecule has 2 aromatic carbocycles. The molecule has 0 bridgehead atoms. The number of benzene rings is 2. The number of nitrogens with one attached hydrogen (secondary N) is 3. The highest BCUT2D eigenvalue weighted by Gasteiger charge is 2.16. The SMILES string of the molecule is CCOc1cc2ncc(C#N)c(Nc3ccc(OCc4ccccn4)c(Cl)c3)c2cc1NC(=O)C=CCNC.Cl. The Balaban J connectivity index is 0.00000441. The van der Waals surface area contributed by atoms with E-state index in [-0.39, 0.29) is 24.9 Å². The first-order valence-electron chi connectivity index (χ1n) is 12.2. The fourth-order valence-corrected chi connectivity index (χ4v) is 3.98. The highest BCUT2D eigenvalue weighted by Crippen LogP contribution is 2.37. The zero-order valence-corrected chi connectivity index (χ0v) is 23.5. The highest BCUT2D eigenvalue weighted by atomic mass is 35.5. The first-order valence-corrected chi connectivity index (χ1v) is 12.6. The highest BCUT2D eigenvalue weighted by molar-refractivity contribution is 6.32. The summed E-state index contributed by atoms with van der Waals surface area (Å²) in [4.78, 5) is 21.2. The summed E-state index contributed by atoms with van der Waals surface area (Å²) in [7, 11) is 1.79. The van der Waals surface area contributed by atoms with Crippen molar-refractivity contribution in [1.29, 1.82) is 5.26 Å². The first kappa shape index (κ1) is 30.2. The van der Waals surface area contributed by atoms with Gasteiger partial charge in [-0.05, 0) is 50.4 Å². The van der Waals surface area contributed by atoms with E-state index in [0.717, 1.165) is 5.69 Å². The average molecular weight is 579 g/mol. The molecule has 206 valence electrons. The Morgan fingerprint density at radius 1 is 1.12 bits per heavy atom. The van der Waals surface area contributed by atoms with Crippen LogP contribution in [0.15, 0.2) is 73.1 Å². The zero-order valence-electron chi connectivity index (χ0n) is 21.9. The molecule has 9 nitrogen and oxygen atoms in total. The first-order chi connectivity index (χ1) is 19.0. The molecule has 0 aliphatic rings. The van der Waals surface area contributed by atoms with Crippen LogP contribution in [0.5, 0.6) is 11.5 Å². The lowest BCUT2D eigenvalue weighted by Crippen LogP contribution is -2.11. The van der Waals surface area contributed by atoms with E-state index in [1.54, 1.807) is 49.7 Å². The number of fused-ring (bicyclic) bond motifs is 1. The minimum atomic E-state index is -0.308. The smallest absolute Gasteiger partial charge is 0.248 e. The molecule has 0 aliphatic heterocycles. The molecule has 2 aromatic heterocycles. The number of anilines is 3. The van der Waals surface area contributed by atoms with Crippen molar-refractivity contribution in [2.75, 3.05) is 30.8 Å². The summed E-state index contributed by atoms with van der Waals surface area (Å²) in [5.41, 5.74) is 3.31. The van der Waals surface area contributed by atoms with Gasteiger partial charge in [-0.25, -0.2) is 0 Å². The van der Waals surface area contributed by atoms with Gasteiger partial charge in [-0.2, -0.15) is 5.26 Å². The van der Waals surface area contributed by atoms with Crippen LogP contribution in [0.3, 0.4) is 0 Å². The largest absolute Gasteiger partial charge is 0.492 e. The monoisotopic (exact) mass is 578 g/mol. The van der Waals surface area contributed by atoms with Crippen LogP contribution in [-0.2, 0) is 11.4 Å². The molecule has 0 radical (unpaired) electrons. The molecule has 0 atom stereocenters. The van der Waals surface area contributed by atoms with Crippen LogP contribution in [-0.4, -0.2) is 36.1 Å². The van der Waals surface area contributed by atoms with Crippen LogP contribution in [0.25, 0.3) is 10.9 Å². The van der Waals surface area contributed by atoms with E-state index in [1.165, 1.54) is 12.3 Å². The Bertz CT molecular complexity index is 1540. The fraction of sp³-hybridized carbons (Fsp3) is 0.172. The number of likely N-dealkylation sites (N-methyl/N-ethyl adjacent to an activating group) is 1. The summed E-state index contributed by atoms with van der Waals surface area (Å²) >= 11 is 6.51. The fourth-order valence-electron chi connectivity index (χ4n) is 3.75. The molecule has 1 amide bonds. The average Bonchev–Trinajstić information content (AvgIpc) is 2.94. The lowest BCUT2D eigenvalue weighted by Gasteiger charge is -2.16. The Labute approximate surface area is 243 Å².